The van der Waals surface area contributed by atoms with Gasteiger partial charge in [0.05, 0.1) is 16.5 Å². The summed E-state index contributed by atoms with van der Waals surface area (Å²) in [5, 5.41) is 2.97. The molecular weight excluding hydrogens is 258 g/mol. The van der Waals surface area contributed by atoms with Crippen molar-refractivity contribution < 1.29 is 8.42 Å². The average molecular weight is 275 g/mol. The maximum absolute atomic E-state index is 11.4. The van der Waals surface area contributed by atoms with E-state index in [2.05, 4.69) is 10.4 Å². The molecule has 0 saturated carbocycles. The molecule has 0 aromatic carbocycles. The van der Waals surface area contributed by atoms with Gasteiger partial charge in [-0.05, 0) is 18.8 Å². The summed E-state index contributed by atoms with van der Waals surface area (Å²) in [6.45, 7) is 0. The standard InChI is InChI=1S/C10H17N3O2S2/c11-13-9(6-10-12-2-3-16-10)5-8-1-4-17(14,15)7-8/h2-3,8-9,13H,1,4-7,11H2. The molecule has 1 fully saturated rings. The summed E-state index contributed by atoms with van der Waals surface area (Å²) in [4.78, 5) is 4.21. The zero-order valence-corrected chi connectivity index (χ0v) is 11.1. The van der Waals surface area contributed by atoms with Crippen LogP contribution in [-0.4, -0.2) is 30.9 Å². The van der Waals surface area contributed by atoms with Crippen molar-refractivity contribution in [3.63, 3.8) is 0 Å². The van der Waals surface area contributed by atoms with Crippen LogP contribution in [0.4, 0.5) is 0 Å². The number of sulfone groups is 1. The molecule has 1 saturated heterocycles. The van der Waals surface area contributed by atoms with Crippen LogP contribution in [0, 0.1) is 5.92 Å². The fourth-order valence-electron chi connectivity index (χ4n) is 2.24. The summed E-state index contributed by atoms with van der Waals surface area (Å²) >= 11 is 1.60. The Morgan fingerprint density at radius 1 is 1.65 bits per heavy atom. The minimum Gasteiger partial charge on any atom is -0.271 e. The maximum Gasteiger partial charge on any atom is 0.150 e. The van der Waals surface area contributed by atoms with Crippen molar-refractivity contribution in [3.8, 4) is 0 Å². The van der Waals surface area contributed by atoms with E-state index in [9.17, 15) is 8.42 Å². The fraction of sp³-hybridized carbons (Fsp3) is 0.700. The van der Waals surface area contributed by atoms with Crippen LogP contribution in [0.5, 0.6) is 0 Å². The minimum atomic E-state index is -2.79. The third kappa shape index (κ3) is 3.74. The zero-order chi connectivity index (χ0) is 12.3. The molecule has 0 spiro atoms. The Morgan fingerprint density at radius 3 is 3.00 bits per heavy atom. The van der Waals surface area contributed by atoms with E-state index >= 15 is 0 Å². The Hall–Kier alpha value is -0.500. The van der Waals surface area contributed by atoms with Gasteiger partial charge in [0.15, 0.2) is 9.84 Å². The van der Waals surface area contributed by atoms with Crippen LogP contribution < -0.4 is 11.3 Å². The maximum atomic E-state index is 11.4. The van der Waals surface area contributed by atoms with E-state index in [0.29, 0.717) is 11.5 Å². The first-order valence-electron chi connectivity index (χ1n) is 5.64. The number of nitrogens with two attached hydrogens (primary N) is 1. The summed E-state index contributed by atoms with van der Waals surface area (Å²) in [5.74, 6) is 6.38. The second-order valence-corrected chi connectivity index (χ2v) is 7.71. The van der Waals surface area contributed by atoms with Crippen LogP contribution in [-0.2, 0) is 16.3 Å². The van der Waals surface area contributed by atoms with E-state index in [1.807, 2.05) is 5.38 Å². The molecular formula is C10H17N3O2S2. The van der Waals surface area contributed by atoms with Gasteiger partial charge in [-0.1, -0.05) is 0 Å². The van der Waals surface area contributed by atoms with Crippen molar-refractivity contribution in [3.05, 3.63) is 16.6 Å². The lowest BCUT2D eigenvalue weighted by Crippen LogP contribution is -2.38. The summed E-state index contributed by atoms with van der Waals surface area (Å²) in [6.07, 6.45) is 4.10. The van der Waals surface area contributed by atoms with Crippen LogP contribution in [0.2, 0.25) is 0 Å². The SMILES string of the molecule is NNC(Cc1nccs1)CC1CCS(=O)(=O)C1. The molecule has 2 atom stereocenters. The summed E-state index contributed by atoms with van der Waals surface area (Å²) in [5.41, 5.74) is 2.77. The summed E-state index contributed by atoms with van der Waals surface area (Å²) < 4.78 is 22.7. The van der Waals surface area contributed by atoms with Crippen molar-refractivity contribution in [2.24, 2.45) is 11.8 Å². The predicted octanol–water partition coefficient (Wildman–Crippen LogP) is 0.342. The van der Waals surface area contributed by atoms with E-state index in [1.165, 1.54) is 0 Å². The highest BCUT2D eigenvalue weighted by Gasteiger charge is 2.29. The lowest BCUT2D eigenvalue weighted by Gasteiger charge is -2.17. The molecule has 1 aliphatic heterocycles. The third-order valence-electron chi connectivity index (χ3n) is 3.08. The molecule has 7 heteroatoms. The monoisotopic (exact) mass is 275 g/mol. The van der Waals surface area contributed by atoms with Gasteiger partial charge < -0.3 is 0 Å². The zero-order valence-electron chi connectivity index (χ0n) is 9.50. The van der Waals surface area contributed by atoms with Gasteiger partial charge >= 0.3 is 0 Å². The second kappa shape index (κ2) is 5.43. The molecule has 17 heavy (non-hydrogen) atoms. The second-order valence-electron chi connectivity index (χ2n) is 4.50. The molecule has 1 aliphatic rings. The highest BCUT2D eigenvalue weighted by atomic mass is 32.2. The summed E-state index contributed by atoms with van der Waals surface area (Å²) in [6, 6.07) is 0.111. The predicted molar refractivity (Wildman–Crippen MR) is 68.3 cm³/mol. The number of rotatable bonds is 5. The number of aromatic nitrogens is 1. The van der Waals surface area contributed by atoms with Crippen molar-refractivity contribution in [1.82, 2.24) is 10.4 Å². The lowest BCUT2D eigenvalue weighted by atomic mass is 9.98. The van der Waals surface area contributed by atoms with Crippen LogP contribution >= 0.6 is 11.3 Å². The van der Waals surface area contributed by atoms with Crippen molar-refractivity contribution in [2.45, 2.75) is 25.3 Å². The molecule has 0 radical (unpaired) electrons. The van der Waals surface area contributed by atoms with E-state index in [-0.39, 0.29) is 12.0 Å². The molecule has 96 valence electrons. The number of nitrogens with zero attached hydrogens (tertiary/aromatic N) is 1. The van der Waals surface area contributed by atoms with Gasteiger partial charge in [-0.2, -0.15) is 0 Å². The third-order valence-corrected chi connectivity index (χ3v) is 5.72. The number of thiazole rings is 1. The molecule has 1 aromatic rings. The molecule has 5 nitrogen and oxygen atoms in total. The van der Waals surface area contributed by atoms with Crippen LogP contribution in [0.25, 0.3) is 0 Å². The minimum absolute atomic E-state index is 0.111. The van der Waals surface area contributed by atoms with Crippen molar-refractivity contribution in [1.29, 1.82) is 0 Å². The van der Waals surface area contributed by atoms with E-state index in [4.69, 9.17) is 5.84 Å². The van der Waals surface area contributed by atoms with Crippen molar-refractivity contribution >= 4 is 21.2 Å². The quantitative estimate of drug-likeness (QED) is 0.598. The molecule has 0 amide bonds. The smallest absolute Gasteiger partial charge is 0.150 e. The first kappa shape index (κ1) is 12.9. The molecule has 3 N–H and O–H groups in total. The van der Waals surface area contributed by atoms with Gasteiger partial charge in [0.1, 0.15) is 0 Å². The molecule has 2 heterocycles. The van der Waals surface area contributed by atoms with Crippen molar-refractivity contribution in [2.75, 3.05) is 11.5 Å². The fourth-order valence-corrected chi connectivity index (χ4v) is 4.81. The van der Waals surface area contributed by atoms with Gasteiger partial charge in [0.2, 0.25) is 0 Å². The van der Waals surface area contributed by atoms with Gasteiger partial charge in [-0.15, -0.1) is 11.3 Å². The molecule has 0 bridgehead atoms. The van der Waals surface area contributed by atoms with Crippen LogP contribution in [0.3, 0.4) is 0 Å². The van der Waals surface area contributed by atoms with Gasteiger partial charge in [-0.3, -0.25) is 11.3 Å². The first-order valence-corrected chi connectivity index (χ1v) is 8.34. The highest BCUT2D eigenvalue weighted by Crippen LogP contribution is 2.24. The van der Waals surface area contributed by atoms with Gasteiger partial charge in [0.25, 0.3) is 0 Å². The first-order chi connectivity index (χ1) is 8.09. The van der Waals surface area contributed by atoms with Crippen LogP contribution in [0.1, 0.15) is 17.8 Å². The van der Waals surface area contributed by atoms with Gasteiger partial charge in [0, 0.05) is 24.0 Å². The Kier molecular flexibility index (Phi) is 4.13. The normalized spacial score (nSPS) is 24.9. The summed E-state index contributed by atoms with van der Waals surface area (Å²) in [7, 11) is -2.79. The number of hydrazine groups is 1. The van der Waals surface area contributed by atoms with Gasteiger partial charge in [-0.25, -0.2) is 13.4 Å². The van der Waals surface area contributed by atoms with E-state index in [0.717, 1.165) is 24.3 Å². The molecule has 0 aliphatic carbocycles. The number of hydrogen-bond donors (Lipinski definition) is 2. The largest absolute Gasteiger partial charge is 0.271 e. The number of nitrogens with one attached hydrogen (secondary N) is 1. The van der Waals surface area contributed by atoms with E-state index < -0.39 is 9.84 Å². The topological polar surface area (TPSA) is 85.1 Å². The lowest BCUT2D eigenvalue weighted by molar-refractivity contribution is 0.408. The molecule has 2 rings (SSSR count). The molecule has 2 unspecified atom stereocenters. The Morgan fingerprint density at radius 2 is 2.47 bits per heavy atom. The Balaban J connectivity index is 1.88. The Bertz CT molecular complexity index is 444. The number of hydrogen-bond acceptors (Lipinski definition) is 6. The average Bonchev–Trinajstić information content (AvgIpc) is 2.87. The van der Waals surface area contributed by atoms with Crippen LogP contribution in [0.15, 0.2) is 11.6 Å². The highest BCUT2D eigenvalue weighted by molar-refractivity contribution is 7.91. The Labute approximate surface area is 105 Å². The van der Waals surface area contributed by atoms with E-state index in [1.54, 1.807) is 17.5 Å². The molecule has 1 aromatic heterocycles.